The van der Waals surface area contributed by atoms with Crippen LogP contribution in [0.3, 0.4) is 0 Å². The first-order valence-corrected chi connectivity index (χ1v) is 6.73. The second-order valence-corrected chi connectivity index (χ2v) is 6.22. The zero-order chi connectivity index (χ0) is 11.4. The lowest BCUT2D eigenvalue weighted by Gasteiger charge is -2.21. The summed E-state index contributed by atoms with van der Waals surface area (Å²) < 4.78 is 11.9. The maximum Gasteiger partial charge on any atom is 0.238 e. The Morgan fingerprint density at radius 1 is 1.40 bits per heavy atom. The Morgan fingerprint density at radius 3 is 2.40 bits per heavy atom. The first-order chi connectivity index (χ1) is 7.07. The molecule has 1 fully saturated rings. The van der Waals surface area contributed by atoms with E-state index in [1.807, 2.05) is 11.8 Å². The Balaban J connectivity index is 2.55. The van der Waals surface area contributed by atoms with Crippen LogP contribution < -0.4 is 5.73 Å². The number of hydrogen-bond donors (Lipinski definition) is 1. The van der Waals surface area contributed by atoms with E-state index in [9.17, 15) is 9.00 Å². The van der Waals surface area contributed by atoms with Crippen molar-refractivity contribution in [3.63, 3.8) is 0 Å². The van der Waals surface area contributed by atoms with E-state index in [0.717, 1.165) is 25.9 Å². The van der Waals surface area contributed by atoms with Crippen LogP contribution in [0, 0.1) is 0 Å². The van der Waals surface area contributed by atoms with E-state index >= 15 is 0 Å². The zero-order valence-electron chi connectivity index (χ0n) is 9.44. The van der Waals surface area contributed by atoms with Gasteiger partial charge in [0.25, 0.3) is 0 Å². The minimum absolute atomic E-state index is 0.0196. The number of carbonyl (C=O) groups is 1. The highest BCUT2D eigenvalue weighted by Gasteiger charge is 2.29. The summed E-state index contributed by atoms with van der Waals surface area (Å²) in [6.07, 6.45) is 2.13. The fourth-order valence-corrected chi connectivity index (χ4v) is 2.97. The molecule has 0 aromatic rings. The fourth-order valence-electron chi connectivity index (χ4n) is 1.74. The van der Waals surface area contributed by atoms with Crippen LogP contribution in [0.1, 0.15) is 26.7 Å². The van der Waals surface area contributed by atoms with E-state index in [2.05, 4.69) is 0 Å². The molecule has 3 unspecified atom stereocenters. The number of amides is 1. The lowest BCUT2D eigenvalue weighted by Crippen LogP contribution is -2.41. The molecule has 0 aromatic heterocycles. The van der Waals surface area contributed by atoms with E-state index in [1.54, 1.807) is 6.92 Å². The van der Waals surface area contributed by atoms with Crippen molar-refractivity contribution in [1.82, 2.24) is 4.90 Å². The molecule has 0 saturated carbocycles. The molecule has 0 aromatic carbocycles. The molecule has 0 radical (unpaired) electrons. The first kappa shape index (κ1) is 12.6. The van der Waals surface area contributed by atoms with Crippen LogP contribution in [0.2, 0.25) is 0 Å². The third-order valence-corrected chi connectivity index (χ3v) is 4.73. The molecular formula is C10H20N2O2S. The molecule has 0 bridgehead atoms. The Bertz CT molecular complexity index is 252. The highest BCUT2D eigenvalue weighted by atomic mass is 32.2. The van der Waals surface area contributed by atoms with Crippen molar-refractivity contribution in [2.75, 3.05) is 19.6 Å². The number of nitrogens with two attached hydrogens (primary N) is 1. The summed E-state index contributed by atoms with van der Waals surface area (Å²) >= 11 is 0. The molecule has 1 amide bonds. The molecule has 0 aliphatic carbocycles. The second kappa shape index (κ2) is 5.61. The SMILES string of the molecule is CC(CN)S(=O)C(C)C(=O)N1CCCC1. The summed E-state index contributed by atoms with van der Waals surface area (Å²) in [5.41, 5.74) is 5.45. The van der Waals surface area contributed by atoms with Gasteiger partial charge in [-0.15, -0.1) is 0 Å². The molecule has 3 atom stereocenters. The van der Waals surface area contributed by atoms with Gasteiger partial charge in [0.2, 0.25) is 5.91 Å². The van der Waals surface area contributed by atoms with Gasteiger partial charge >= 0.3 is 0 Å². The predicted octanol–water partition coefficient (Wildman–Crippen LogP) is 0.0932. The normalized spacial score (nSPS) is 22.5. The minimum Gasteiger partial charge on any atom is -0.342 e. The predicted molar refractivity (Wildman–Crippen MR) is 61.9 cm³/mol. The van der Waals surface area contributed by atoms with Crippen molar-refractivity contribution >= 4 is 16.7 Å². The van der Waals surface area contributed by atoms with Gasteiger partial charge < -0.3 is 10.6 Å². The lowest BCUT2D eigenvalue weighted by molar-refractivity contribution is -0.129. The van der Waals surface area contributed by atoms with Gasteiger partial charge in [-0.25, -0.2) is 0 Å². The van der Waals surface area contributed by atoms with Crippen LogP contribution in [0.5, 0.6) is 0 Å². The van der Waals surface area contributed by atoms with Crippen molar-refractivity contribution < 1.29 is 9.00 Å². The van der Waals surface area contributed by atoms with Crippen LogP contribution >= 0.6 is 0 Å². The molecule has 88 valence electrons. The Morgan fingerprint density at radius 2 is 1.93 bits per heavy atom. The van der Waals surface area contributed by atoms with Crippen molar-refractivity contribution in [2.24, 2.45) is 5.73 Å². The van der Waals surface area contributed by atoms with Crippen molar-refractivity contribution in [3.8, 4) is 0 Å². The molecule has 1 heterocycles. The number of nitrogens with zero attached hydrogens (tertiary/aromatic N) is 1. The molecule has 1 rings (SSSR count). The standard InChI is InChI=1S/C10H20N2O2S/c1-8(7-11)15(14)9(2)10(13)12-5-3-4-6-12/h8-9H,3-7,11H2,1-2H3. The summed E-state index contributed by atoms with van der Waals surface area (Å²) in [6.45, 7) is 5.56. The number of likely N-dealkylation sites (tertiary alicyclic amines) is 1. The van der Waals surface area contributed by atoms with Crippen LogP contribution in [-0.2, 0) is 15.6 Å². The van der Waals surface area contributed by atoms with Crippen molar-refractivity contribution in [1.29, 1.82) is 0 Å². The van der Waals surface area contributed by atoms with Crippen LogP contribution in [0.15, 0.2) is 0 Å². The summed E-state index contributed by atoms with van der Waals surface area (Å²) in [5, 5.41) is -0.520. The topological polar surface area (TPSA) is 63.4 Å². The van der Waals surface area contributed by atoms with E-state index in [-0.39, 0.29) is 11.2 Å². The largest absolute Gasteiger partial charge is 0.342 e. The average Bonchev–Trinajstić information content (AvgIpc) is 2.78. The second-order valence-electron chi connectivity index (χ2n) is 4.05. The van der Waals surface area contributed by atoms with Crippen molar-refractivity contribution in [3.05, 3.63) is 0 Å². The highest BCUT2D eigenvalue weighted by Crippen LogP contribution is 2.13. The quantitative estimate of drug-likeness (QED) is 0.747. The highest BCUT2D eigenvalue weighted by molar-refractivity contribution is 7.87. The molecule has 5 heteroatoms. The molecule has 0 spiro atoms. The lowest BCUT2D eigenvalue weighted by atomic mass is 10.4. The van der Waals surface area contributed by atoms with Gasteiger partial charge in [-0.1, -0.05) is 0 Å². The van der Waals surface area contributed by atoms with Gasteiger partial charge in [-0.05, 0) is 26.7 Å². The molecule has 2 N–H and O–H groups in total. The van der Waals surface area contributed by atoms with Gasteiger partial charge in [-0.2, -0.15) is 0 Å². The van der Waals surface area contributed by atoms with Crippen molar-refractivity contribution in [2.45, 2.75) is 37.2 Å². The molecule has 1 saturated heterocycles. The molecule has 15 heavy (non-hydrogen) atoms. The van der Waals surface area contributed by atoms with Gasteiger partial charge in [0.15, 0.2) is 0 Å². The van der Waals surface area contributed by atoms with E-state index in [1.165, 1.54) is 0 Å². The minimum atomic E-state index is -1.15. The third kappa shape index (κ3) is 3.01. The monoisotopic (exact) mass is 232 g/mol. The Labute approximate surface area is 93.7 Å². The summed E-state index contributed by atoms with van der Waals surface area (Å²) in [5.74, 6) is 0.0196. The number of rotatable bonds is 4. The Kier molecular flexibility index (Phi) is 4.73. The maximum absolute atomic E-state index is 11.9. The first-order valence-electron chi connectivity index (χ1n) is 5.46. The summed E-state index contributed by atoms with van der Waals surface area (Å²) in [7, 11) is -1.15. The average molecular weight is 232 g/mol. The van der Waals surface area contributed by atoms with Gasteiger partial charge in [0, 0.05) is 35.7 Å². The maximum atomic E-state index is 11.9. The number of hydrogen-bond acceptors (Lipinski definition) is 3. The molecule has 4 nitrogen and oxygen atoms in total. The summed E-state index contributed by atoms with van der Waals surface area (Å²) in [6, 6.07) is 0. The zero-order valence-corrected chi connectivity index (χ0v) is 10.3. The Hall–Kier alpha value is -0.420. The summed E-state index contributed by atoms with van der Waals surface area (Å²) in [4.78, 5) is 13.7. The van der Waals surface area contributed by atoms with E-state index in [0.29, 0.717) is 6.54 Å². The van der Waals surface area contributed by atoms with Gasteiger partial charge in [-0.3, -0.25) is 9.00 Å². The molecule has 1 aliphatic rings. The van der Waals surface area contributed by atoms with Crippen LogP contribution in [0.25, 0.3) is 0 Å². The van der Waals surface area contributed by atoms with Crippen LogP contribution in [0.4, 0.5) is 0 Å². The van der Waals surface area contributed by atoms with Gasteiger partial charge in [0.05, 0.1) is 0 Å². The van der Waals surface area contributed by atoms with E-state index in [4.69, 9.17) is 5.73 Å². The van der Waals surface area contributed by atoms with Gasteiger partial charge in [0.1, 0.15) is 5.25 Å². The van der Waals surface area contributed by atoms with Crippen LogP contribution in [-0.4, -0.2) is 45.2 Å². The third-order valence-electron chi connectivity index (χ3n) is 2.84. The van der Waals surface area contributed by atoms with E-state index < -0.39 is 16.0 Å². The smallest absolute Gasteiger partial charge is 0.238 e. The molecular weight excluding hydrogens is 212 g/mol. The fraction of sp³-hybridized carbons (Fsp3) is 0.900. The molecule has 1 aliphatic heterocycles. The number of carbonyl (C=O) groups excluding carboxylic acids is 1.